The smallest absolute Gasteiger partial charge is 0.313 e. The number of esters is 2. The van der Waals surface area contributed by atoms with Crippen LogP contribution in [0.15, 0.2) is 0 Å². The Kier molecular flexibility index (Phi) is 9.35. The van der Waals surface area contributed by atoms with E-state index >= 15 is 0 Å². The van der Waals surface area contributed by atoms with E-state index in [9.17, 15) is 26.4 Å². The molecule has 0 aliphatic carbocycles. The van der Waals surface area contributed by atoms with E-state index in [1.54, 1.807) is 41.5 Å². The van der Waals surface area contributed by atoms with E-state index in [4.69, 9.17) is 0 Å². The first-order valence-electron chi connectivity index (χ1n) is 8.05. The third-order valence-electron chi connectivity index (χ3n) is 2.85. The van der Waals surface area contributed by atoms with E-state index in [1.807, 2.05) is 0 Å². The summed E-state index contributed by atoms with van der Waals surface area (Å²) in [4.78, 5) is 23.0. The van der Waals surface area contributed by atoms with Crippen LogP contribution in [0.25, 0.3) is 0 Å². The lowest BCUT2D eigenvalue weighted by Crippen LogP contribution is -2.26. The van der Waals surface area contributed by atoms with Gasteiger partial charge in [0.15, 0.2) is 0 Å². The molecule has 0 atom stereocenters. The number of hydrogen-bond donors (Lipinski definition) is 0. The molecule has 0 aromatic carbocycles. The largest absolute Gasteiger partial charge is 0.437 e. The summed E-state index contributed by atoms with van der Waals surface area (Å²) < 4.78 is 64.9. The van der Waals surface area contributed by atoms with Crippen molar-refractivity contribution in [2.75, 3.05) is 25.1 Å². The van der Waals surface area contributed by atoms with Gasteiger partial charge < -0.3 is 9.47 Å². The van der Waals surface area contributed by atoms with Crippen molar-refractivity contribution >= 4 is 32.2 Å². The van der Waals surface area contributed by atoms with Crippen LogP contribution in [-0.4, -0.2) is 53.9 Å². The summed E-state index contributed by atoms with van der Waals surface area (Å²) in [5.41, 5.74) is -1.62. The van der Waals surface area contributed by atoms with Crippen LogP contribution in [-0.2, 0) is 47.7 Å². The highest BCUT2D eigenvalue weighted by Crippen LogP contribution is 2.16. The van der Waals surface area contributed by atoms with Gasteiger partial charge in [0.25, 0.3) is 20.2 Å². The minimum absolute atomic E-state index is 0.314. The fourth-order valence-corrected chi connectivity index (χ4v) is 3.07. The monoisotopic (exact) mass is 432 g/mol. The summed E-state index contributed by atoms with van der Waals surface area (Å²) in [6.07, 6.45) is -0.314. The lowest BCUT2D eigenvalue weighted by Gasteiger charge is -2.16. The molecule has 0 spiro atoms. The molecule has 0 saturated heterocycles. The topological polar surface area (TPSA) is 139 Å². The standard InChI is InChI=1S/C15H28O10S2/c1-14(2,3)12(16)22-10-24-26(18,19)8-7-9-27(20,21)25-11-23-13(17)15(4,5)6/h7-11H2,1-6H3. The molecule has 160 valence electrons. The second-order valence-electron chi connectivity index (χ2n) is 7.71. The molecular weight excluding hydrogens is 404 g/mol. The van der Waals surface area contributed by atoms with E-state index in [1.165, 1.54) is 0 Å². The first kappa shape index (κ1) is 25.8. The summed E-state index contributed by atoms with van der Waals surface area (Å²) in [6, 6.07) is 0. The van der Waals surface area contributed by atoms with Crippen molar-refractivity contribution in [3.8, 4) is 0 Å². The summed E-state index contributed by atoms with van der Waals surface area (Å²) >= 11 is 0. The lowest BCUT2D eigenvalue weighted by atomic mass is 9.98. The molecule has 0 N–H and O–H groups in total. The van der Waals surface area contributed by atoms with Gasteiger partial charge in [-0.1, -0.05) is 0 Å². The Balaban J connectivity index is 4.24. The average Bonchev–Trinajstić information content (AvgIpc) is 2.44. The van der Waals surface area contributed by atoms with E-state index in [0.29, 0.717) is 0 Å². The van der Waals surface area contributed by atoms with Gasteiger partial charge in [0.2, 0.25) is 13.6 Å². The maximum atomic E-state index is 11.6. The summed E-state index contributed by atoms with van der Waals surface area (Å²) in [7, 11) is -8.16. The van der Waals surface area contributed by atoms with Gasteiger partial charge in [-0.05, 0) is 48.0 Å². The zero-order valence-electron chi connectivity index (χ0n) is 16.4. The normalized spacial score (nSPS) is 13.3. The molecule has 0 aromatic heterocycles. The second-order valence-corrected chi connectivity index (χ2v) is 11.2. The van der Waals surface area contributed by atoms with Crippen LogP contribution < -0.4 is 0 Å². The van der Waals surface area contributed by atoms with E-state index in [2.05, 4.69) is 17.8 Å². The predicted molar refractivity (Wildman–Crippen MR) is 95.2 cm³/mol. The van der Waals surface area contributed by atoms with Crippen molar-refractivity contribution < 1.29 is 44.3 Å². The van der Waals surface area contributed by atoms with Crippen LogP contribution in [0.2, 0.25) is 0 Å². The molecule has 0 unspecified atom stereocenters. The summed E-state index contributed by atoms with van der Waals surface area (Å²) in [6.45, 7) is 7.97. The van der Waals surface area contributed by atoms with Crippen LogP contribution in [0.1, 0.15) is 48.0 Å². The van der Waals surface area contributed by atoms with Gasteiger partial charge in [-0.2, -0.15) is 16.8 Å². The van der Waals surface area contributed by atoms with E-state index in [0.717, 1.165) is 0 Å². The number of carbonyl (C=O) groups is 2. The fourth-order valence-electron chi connectivity index (χ4n) is 1.27. The molecule has 0 fully saturated rings. The Bertz CT molecular complexity index is 647. The van der Waals surface area contributed by atoms with Gasteiger partial charge >= 0.3 is 11.9 Å². The zero-order chi connectivity index (χ0) is 21.5. The average molecular weight is 433 g/mol. The van der Waals surface area contributed by atoms with Crippen LogP contribution >= 0.6 is 0 Å². The molecule has 0 radical (unpaired) electrons. The van der Waals surface area contributed by atoms with Crippen LogP contribution in [0.3, 0.4) is 0 Å². The SMILES string of the molecule is CC(C)(C)C(=O)OCOS(=O)(=O)CCCS(=O)(=O)OCOC(=O)C(C)(C)C. The quantitative estimate of drug-likeness (QED) is 0.281. The minimum atomic E-state index is -4.08. The highest BCUT2D eigenvalue weighted by atomic mass is 32.2. The third kappa shape index (κ3) is 12.0. The fraction of sp³-hybridized carbons (Fsp3) is 0.867. The molecule has 0 aromatic rings. The van der Waals surface area contributed by atoms with Crippen molar-refractivity contribution in [3.05, 3.63) is 0 Å². The van der Waals surface area contributed by atoms with Gasteiger partial charge in [-0.25, -0.2) is 8.37 Å². The van der Waals surface area contributed by atoms with Gasteiger partial charge in [0.05, 0.1) is 22.3 Å². The molecular formula is C15H28O10S2. The first-order valence-corrected chi connectivity index (χ1v) is 11.2. The second kappa shape index (κ2) is 9.80. The van der Waals surface area contributed by atoms with Crippen LogP contribution in [0.5, 0.6) is 0 Å². The van der Waals surface area contributed by atoms with Crippen molar-refractivity contribution in [1.82, 2.24) is 0 Å². The summed E-state index contributed by atoms with van der Waals surface area (Å²) in [5.74, 6) is -2.52. The van der Waals surface area contributed by atoms with Gasteiger partial charge in [0.1, 0.15) is 0 Å². The van der Waals surface area contributed by atoms with Crippen LogP contribution in [0.4, 0.5) is 0 Å². The molecule has 0 rings (SSSR count). The maximum absolute atomic E-state index is 11.6. The molecule has 0 heterocycles. The Morgan fingerprint density at radius 1 is 0.667 bits per heavy atom. The Morgan fingerprint density at radius 3 is 1.22 bits per heavy atom. The molecule has 0 amide bonds. The number of ether oxygens (including phenoxy) is 2. The highest BCUT2D eigenvalue weighted by Gasteiger charge is 2.25. The molecule has 0 saturated carbocycles. The van der Waals surface area contributed by atoms with E-state index in [-0.39, 0.29) is 6.42 Å². The molecule has 27 heavy (non-hydrogen) atoms. The molecule has 0 aliphatic rings. The number of rotatable bonds is 10. The van der Waals surface area contributed by atoms with Crippen molar-refractivity contribution in [1.29, 1.82) is 0 Å². The third-order valence-corrected chi connectivity index (χ3v) is 5.34. The van der Waals surface area contributed by atoms with Crippen LogP contribution in [0, 0.1) is 10.8 Å². The molecule has 10 nitrogen and oxygen atoms in total. The van der Waals surface area contributed by atoms with Gasteiger partial charge in [0, 0.05) is 0 Å². The Labute approximate surface area is 160 Å². The highest BCUT2D eigenvalue weighted by molar-refractivity contribution is 7.87. The molecule has 0 bridgehead atoms. The van der Waals surface area contributed by atoms with Gasteiger partial charge in [-0.15, -0.1) is 0 Å². The van der Waals surface area contributed by atoms with Crippen molar-refractivity contribution in [2.45, 2.75) is 48.0 Å². The number of carbonyl (C=O) groups excluding carboxylic acids is 2. The number of hydrogen-bond acceptors (Lipinski definition) is 10. The predicted octanol–water partition coefficient (Wildman–Crippen LogP) is 1.16. The molecule has 0 aliphatic heterocycles. The first-order chi connectivity index (χ1) is 12.0. The van der Waals surface area contributed by atoms with Crippen molar-refractivity contribution in [2.24, 2.45) is 10.8 Å². The molecule has 12 heteroatoms. The van der Waals surface area contributed by atoms with Gasteiger partial charge in [-0.3, -0.25) is 9.59 Å². The Hall–Kier alpha value is -1.24. The zero-order valence-corrected chi connectivity index (χ0v) is 18.1. The lowest BCUT2D eigenvalue weighted by molar-refractivity contribution is -0.160. The van der Waals surface area contributed by atoms with E-state index < -0.39 is 68.1 Å². The van der Waals surface area contributed by atoms with Crippen molar-refractivity contribution in [3.63, 3.8) is 0 Å². The summed E-state index contributed by atoms with van der Waals surface area (Å²) in [5, 5.41) is 0. The maximum Gasteiger partial charge on any atom is 0.313 e. The Morgan fingerprint density at radius 2 is 0.963 bits per heavy atom. The minimum Gasteiger partial charge on any atom is -0.437 e.